The molecule has 1 amide bonds. The van der Waals surface area contributed by atoms with Gasteiger partial charge in [-0.3, -0.25) is 10.6 Å². The van der Waals surface area contributed by atoms with Crippen molar-refractivity contribution in [2.45, 2.75) is 31.8 Å². The summed E-state index contributed by atoms with van der Waals surface area (Å²) in [5, 5.41) is 10.0. The van der Waals surface area contributed by atoms with E-state index < -0.39 is 5.60 Å². The Morgan fingerprint density at radius 3 is 2.89 bits per heavy atom. The summed E-state index contributed by atoms with van der Waals surface area (Å²) in [6, 6.07) is 3.37. The van der Waals surface area contributed by atoms with Crippen LogP contribution in [-0.4, -0.2) is 39.6 Å². The molecule has 2 rings (SSSR count). The van der Waals surface area contributed by atoms with Gasteiger partial charge in [0.25, 0.3) is 5.91 Å². The van der Waals surface area contributed by atoms with Gasteiger partial charge in [0.2, 0.25) is 0 Å². The maximum Gasteiger partial charge on any atom is 0.272 e. The van der Waals surface area contributed by atoms with Gasteiger partial charge >= 0.3 is 0 Å². The van der Waals surface area contributed by atoms with Gasteiger partial charge in [-0.1, -0.05) is 0 Å². The third-order valence-electron chi connectivity index (χ3n) is 3.50. The quantitative estimate of drug-likeness (QED) is 0.541. The lowest BCUT2D eigenvalue weighted by Gasteiger charge is -2.22. The Kier molecular flexibility index (Phi) is 4.01. The van der Waals surface area contributed by atoms with E-state index in [-0.39, 0.29) is 5.91 Å². The minimum Gasteiger partial charge on any atom is -0.390 e. The highest BCUT2D eigenvalue weighted by Gasteiger charge is 2.27. The van der Waals surface area contributed by atoms with Crippen LogP contribution in [0.25, 0.3) is 0 Å². The van der Waals surface area contributed by atoms with Gasteiger partial charge in [-0.2, -0.15) is 0 Å². The van der Waals surface area contributed by atoms with E-state index in [1.807, 2.05) is 6.92 Å². The first-order chi connectivity index (χ1) is 9.02. The molecule has 1 aromatic rings. The molecule has 1 fully saturated rings. The lowest BCUT2D eigenvalue weighted by molar-refractivity contribution is 0.0437. The molecule has 2 heterocycles. The molecule has 1 aliphatic rings. The smallest absolute Gasteiger partial charge is 0.272 e. The minimum absolute atomic E-state index is 0.0960. The number of aromatic nitrogens is 1. The predicted molar refractivity (Wildman–Crippen MR) is 72.4 cm³/mol. The van der Waals surface area contributed by atoms with Crippen molar-refractivity contribution in [2.24, 2.45) is 5.84 Å². The van der Waals surface area contributed by atoms with E-state index in [0.717, 1.165) is 12.8 Å². The molecular formula is C13H20N4O2. The molecule has 4 N–H and O–H groups in total. The van der Waals surface area contributed by atoms with Gasteiger partial charge in [-0.25, -0.2) is 4.98 Å². The van der Waals surface area contributed by atoms with Gasteiger partial charge in [0.05, 0.1) is 17.5 Å². The highest BCUT2D eigenvalue weighted by atomic mass is 16.3. The van der Waals surface area contributed by atoms with Crippen LogP contribution in [0.3, 0.4) is 0 Å². The number of hydrazine groups is 1. The standard InChI is InChI=1S/C13H20N4O2/c1-13(19)5-2-7-17(8-6-13)12(18)11-4-3-10(16-14)9-15-11/h3-4,9,16,19H,2,5-8,14H2,1H3. The van der Waals surface area contributed by atoms with Crippen molar-refractivity contribution in [3.05, 3.63) is 24.0 Å². The number of carbonyl (C=O) groups excluding carboxylic acids is 1. The molecular weight excluding hydrogens is 244 g/mol. The third kappa shape index (κ3) is 3.42. The molecule has 1 saturated heterocycles. The lowest BCUT2D eigenvalue weighted by Crippen LogP contribution is -2.34. The van der Waals surface area contributed by atoms with Crippen molar-refractivity contribution in [2.75, 3.05) is 18.5 Å². The van der Waals surface area contributed by atoms with Gasteiger partial charge < -0.3 is 15.4 Å². The van der Waals surface area contributed by atoms with E-state index >= 15 is 0 Å². The van der Waals surface area contributed by atoms with Gasteiger partial charge in [-0.05, 0) is 38.3 Å². The topological polar surface area (TPSA) is 91.5 Å². The monoisotopic (exact) mass is 264 g/mol. The van der Waals surface area contributed by atoms with Crippen molar-refractivity contribution in [1.82, 2.24) is 9.88 Å². The van der Waals surface area contributed by atoms with Gasteiger partial charge in [0.15, 0.2) is 0 Å². The molecule has 0 aliphatic carbocycles. The summed E-state index contributed by atoms with van der Waals surface area (Å²) in [4.78, 5) is 18.1. The number of pyridine rings is 1. The fourth-order valence-corrected chi connectivity index (χ4v) is 2.23. The maximum absolute atomic E-state index is 12.3. The van der Waals surface area contributed by atoms with Crippen LogP contribution in [0.5, 0.6) is 0 Å². The summed E-state index contributed by atoms with van der Waals surface area (Å²) in [6.45, 7) is 3.04. The Morgan fingerprint density at radius 2 is 2.26 bits per heavy atom. The number of nitrogens with one attached hydrogen (secondary N) is 1. The number of nitrogens with two attached hydrogens (primary N) is 1. The first-order valence-corrected chi connectivity index (χ1v) is 6.46. The van der Waals surface area contributed by atoms with E-state index in [4.69, 9.17) is 5.84 Å². The third-order valence-corrected chi connectivity index (χ3v) is 3.50. The average molecular weight is 264 g/mol. The Labute approximate surface area is 112 Å². The zero-order valence-electron chi connectivity index (χ0n) is 11.1. The number of anilines is 1. The fraction of sp³-hybridized carbons (Fsp3) is 0.538. The molecule has 0 spiro atoms. The number of rotatable bonds is 2. The van der Waals surface area contributed by atoms with Crippen LogP contribution < -0.4 is 11.3 Å². The van der Waals surface area contributed by atoms with Crippen molar-refractivity contribution >= 4 is 11.6 Å². The molecule has 1 atom stereocenters. The summed E-state index contributed by atoms with van der Waals surface area (Å²) in [6.07, 6.45) is 3.66. The molecule has 6 heteroatoms. The zero-order chi connectivity index (χ0) is 13.9. The Hall–Kier alpha value is -1.66. The second-order valence-electron chi connectivity index (χ2n) is 5.22. The summed E-state index contributed by atoms with van der Waals surface area (Å²) < 4.78 is 0. The summed E-state index contributed by atoms with van der Waals surface area (Å²) >= 11 is 0. The van der Waals surface area contributed by atoms with Crippen LogP contribution >= 0.6 is 0 Å². The fourth-order valence-electron chi connectivity index (χ4n) is 2.23. The van der Waals surface area contributed by atoms with E-state index in [9.17, 15) is 9.90 Å². The number of hydrogen-bond acceptors (Lipinski definition) is 5. The van der Waals surface area contributed by atoms with E-state index in [2.05, 4.69) is 10.4 Å². The molecule has 0 saturated carbocycles. The van der Waals surface area contributed by atoms with Crippen LogP contribution in [0.2, 0.25) is 0 Å². The second-order valence-corrected chi connectivity index (χ2v) is 5.22. The summed E-state index contributed by atoms with van der Waals surface area (Å²) in [5.41, 5.74) is 2.87. The van der Waals surface area contributed by atoms with Crippen molar-refractivity contribution in [3.8, 4) is 0 Å². The second kappa shape index (κ2) is 5.54. The minimum atomic E-state index is -0.671. The Bertz CT molecular complexity index is 444. The molecule has 1 unspecified atom stereocenters. The molecule has 104 valence electrons. The van der Waals surface area contributed by atoms with Crippen LogP contribution in [0.1, 0.15) is 36.7 Å². The normalized spacial score (nSPS) is 23.8. The highest BCUT2D eigenvalue weighted by molar-refractivity contribution is 5.92. The van der Waals surface area contributed by atoms with E-state index in [0.29, 0.717) is 30.9 Å². The number of likely N-dealkylation sites (tertiary alicyclic amines) is 1. The Morgan fingerprint density at radius 1 is 1.47 bits per heavy atom. The molecule has 0 radical (unpaired) electrons. The summed E-state index contributed by atoms with van der Waals surface area (Å²) in [5.74, 6) is 5.16. The predicted octanol–water partition coefficient (Wildman–Crippen LogP) is 0.744. The molecule has 1 aliphatic heterocycles. The first kappa shape index (κ1) is 13.8. The average Bonchev–Trinajstić information content (AvgIpc) is 2.59. The van der Waals surface area contributed by atoms with Crippen LogP contribution in [-0.2, 0) is 0 Å². The molecule has 1 aromatic heterocycles. The van der Waals surface area contributed by atoms with Gasteiger partial charge in [0, 0.05) is 13.1 Å². The zero-order valence-corrected chi connectivity index (χ0v) is 11.1. The van der Waals surface area contributed by atoms with Crippen LogP contribution in [0, 0.1) is 0 Å². The highest BCUT2D eigenvalue weighted by Crippen LogP contribution is 2.22. The number of carbonyl (C=O) groups is 1. The number of nitrogens with zero attached hydrogens (tertiary/aromatic N) is 2. The van der Waals surface area contributed by atoms with Crippen LogP contribution in [0.4, 0.5) is 5.69 Å². The molecule has 6 nitrogen and oxygen atoms in total. The van der Waals surface area contributed by atoms with Gasteiger partial charge in [0.1, 0.15) is 5.69 Å². The van der Waals surface area contributed by atoms with Gasteiger partial charge in [-0.15, -0.1) is 0 Å². The number of aliphatic hydroxyl groups is 1. The Balaban J connectivity index is 2.06. The molecule has 19 heavy (non-hydrogen) atoms. The van der Waals surface area contributed by atoms with E-state index in [1.54, 1.807) is 17.0 Å². The number of amides is 1. The van der Waals surface area contributed by atoms with Crippen molar-refractivity contribution in [3.63, 3.8) is 0 Å². The lowest BCUT2D eigenvalue weighted by atomic mass is 9.98. The SMILES string of the molecule is CC1(O)CCCN(C(=O)c2ccc(NN)cn2)CC1. The molecule has 0 bridgehead atoms. The first-order valence-electron chi connectivity index (χ1n) is 6.46. The van der Waals surface area contributed by atoms with Crippen LogP contribution in [0.15, 0.2) is 18.3 Å². The largest absolute Gasteiger partial charge is 0.390 e. The number of hydrogen-bond donors (Lipinski definition) is 3. The number of nitrogen functional groups attached to an aromatic ring is 1. The molecule has 0 aromatic carbocycles. The maximum atomic E-state index is 12.3. The summed E-state index contributed by atoms with van der Waals surface area (Å²) in [7, 11) is 0. The van der Waals surface area contributed by atoms with Crippen molar-refractivity contribution < 1.29 is 9.90 Å². The van der Waals surface area contributed by atoms with E-state index in [1.165, 1.54) is 6.20 Å². The van der Waals surface area contributed by atoms with Crippen molar-refractivity contribution in [1.29, 1.82) is 0 Å².